The van der Waals surface area contributed by atoms with Crippen molar-refractivity contribution >= 4 is 17.1 Å². The van der Waals surface area contributed by atoms with Gasteiger partial charge in [0.25, 0.3) is 0 Å². The van der Waals surface area contributed by atoms with Crippen LogP contribution in [0.1, 0.15) is 26.6 Å². The largest absolute Gasteiger partial charge is 0.286 e. The van der Waals surface area contributed by atoms with Crippen molar-refractivity contribution in [2.45, 2.75) is 13.8 Å². The second-order valence-corrected chi connectivity index (χ2v) is 4.22. The lowest BCUT2D eigenvalue weighted by atomic mass is 10.2. The molecule has 0 N–H and O–H groups in total. The highest BCUT2D eigenvalue weighted by atomic mass is 32.1. The normalized spacial score (nSPS) is 10.3. The quantitative estimate of drug-likeness (QED) is 0.727. The lowest BCUT2D eigenvalue weighted by Crippen LogP contribution is -2.04. The molecule has 3 nitrogen and oxygen atoms in total. The monoisotopic (exact) mass is 218 g/mol. The summed E-state index contributed by atoms with van der Waals surface area (Å²) in [6, 6.07) is 1.93. The number of rotatable bonds is 2. The minimum Gasteiger partial charge on any atom is -0.286 e. The molecule has 0 fully saturated rings. The molecule has 2 aromatic rings. The van der Waals surface area contributed by atoms with Crippen LogP contribution in [0.25, 0.3) is 0 Å². The van der Waals surface area contributed by atoms with Crippen LogP contribution in [0.2, 0.25) is 0 Å². The van der Waals surface area contributed by atoms with Crippen LogP contribution in [0.3, 0.4) is 0 Å². The van der Waals surface area contributed by atoms with Crippen LogP contribution in [0.4, 0.5) is 0 Å². The first-order chi connectivity index (χ1) is 7.18. The molecule has 0 radical (unpaired) electrons. The van der Waals surface area contributed by atoms with Crippen LogP contribution in [-0.4, -0.2) is 15.8 Å². The van der Waals surface area contributed by atoms with Gasteiger partial charge in [-0.3, -0.25) is 9.78 Å². The Morgan fingerprint density at radius 3 is 2.60 bits per heavy atom. The lowest BCUT2D eigenvalue weighted by molar-refractivity contribution is 0.103. The summed E-state index contributed by atoms with van der Waals surface area (Å²) >= 11 is 1.44. The first-order valence-electron chi connectivity index (χ1n) is 4.56. The minimum atomic E-state index is -0.0463. The Labute approximate surface area is 91.8 Å². The zero-order valence-corrected chi connectivity index (χ0v) is 9.34. The van der Waals surface area contributed by atoms with Gasteiger partial charge in [0.2, 0.25) is 5.78 Å². The zero-order valence-electron chi connectivity index (χ0n) is 8.52. The van der Waals surface area contributed by atoms with E-state index in [0.717, 1.165) is 16.1 Å². The van der Waals surface area contributed by atoms with Gasteiger partial charge in [0, 0.05) is 6.20 Å². The van der Waals surface area contributed by atoms with E-state index in [9.17, 15) is 4.79 Å². The number of nitrogens with zero attached hydrogens (tertiary/aromatic N) is 2. The molecule has 0 unspecified atom stereocenters. The summed E-state index contributed by atoms with van der Waals surface area (Å²) in [6.07, 6.45) is 3.13. The second kappa shape index (κ2) is 3.90. The van der Waals surface area contributed by atoms with Gasteiger partial charge in [0.1, 0.15) is 5.69 Å². The second-order valence-electron chi connectivity index (χ2n) is 3.30. The van der Waals surface area contributed by atoms with Crippen LogP contribution < -0.4 is 0 Å². The fourth-order valence-corrected chi connectivity index (χ4v) is 2.11. The van der Waals surface area contributed by atoms with Crippen molar-refractivity contribution in [2.24, 2.45) is 0 Å². The molecule has 0 amide bonds. The predicted molar refractivity (Wildman–Crippen MR) is 59.3 cm³/mol. The van der Waals surface area contributed by atoms with Crippen LogP contribution >= 0.6 is 11.3 Å². The van der Waals surface area contributed by atoms with Crippen LogP contribution in [-0.2, 0) is 0 Å². The van der Waals surface area contributed by atoms with Crippen molar-refractivity contribution in [3.63, 3.8) is 0 Å². The van der Waals surface area contributed by atoms with Crippen molar-refractivity contribution in [2.75, 3.05) is 0 Å². The highest BCUT2D eigenvalue weighted by molar-refractivity contribution is 7.12. The highest BCUT2D eigenvalue weighted by Crippen LogP contribution is 2.18. The van der Waals surface area contributed by atoms with E-state index >= 15 is 0 Å². The molecule has 15 heavy (non-hydrogen) atoms. The van der Waals surface area contributed by atoms with Crippen molar-refractivity contribution in [1.29, 1.82) is 0 Å². The molecule has 0 aliphatic carbocycles. The molecule has 76 valence electrons. The maximum Gasteiger partial charge on any atom is 0.223 e. The Kier molecular flexibility index (Phi) is 2.60. The third-order valence-electron chi connectivity index (χ3n) is 2.08. The average Bonchev–Trinajstić information content (AvgIpc) is 2.65. The Bertz CT molecular complexity index is 488. The first-order valence-corrected chi connectivity index (χ1v) is 5.44. The van der Waals surface area contributed by atoms with Crippen molar-refractivity contribution < 1.29 is 4.79 Å². The third kappa shape index (κ3) is 1.94. The Balaban J connectivity index is 2.37. The molecule has 0 aliphatic rings. The van der Waals surface area contributed by atoms with Gasteiger partial charge in [-0.1, -0.05) is 0 Å². The molecule has 2 rings (SSSR count). The number of hydrogen-bond acceptors (Lipinski definition) is 4. The molecule has 0 saturated carbocycles. The summed E-state index contributed by atoms with van der Waals surface area (Å²) in [6.45, 7) is 3.77. The average molecular weight is 218 g/mol. The van der Waals surface area contributed by atoms with Crippen molar-refractivity contribution in [1.82, 2.24) is 9.97 Å². The highest BCUT2D eigenvalue weighted by Gasteiger charge is 2.14. The fraction of sp³-hybridized carbons (Fsp3) is 0.182. The number of thiophene rings is 1. The van der Waals surface area contributed by atoms with Gasteiger partial charge in [0.05, 0.1) is 16.8 Å². The standard InChI is InChI=1S/C11H10N2OS/c1-7-3-4-15-11(7)10(14)9-6-12-8(2)5-13-9/h3-6H,1-2H3. The molecular formula is C11H10N2OS. The molecule has 0 bridgehead atoms. The lowest BCUT2D eigenvalue weighted by Gasteiger charge is -1.98. The van der Waals surface area contributed by atoms with Gasteiger partial charge in [-0.25, -0.2) is 4.98 Å². The number of carbonyl (C=O) groups is 1. The zero-order chi connectivity index (χ0) is 10.8. The fourth-order valence-electron chi connectivity index (χ4n) is 1.23. The molecule has 0 spiro atoms. The van der Waals surface area contributed by atoms with E-state index in [0.29, 0.717) is 5.69 Å². The predicted octanol–water partition coefficient (Wildman–Crippen LogP) is 2.39. The molecule has 4 heteroatoms. The molecule has 0 atom stereocenters. The minimum absolute atomic E-state index is 0.0463. The summed E-state index contributed by atoms with van der Waals surface area (Å²) in [5.74, 6) is -0.0463. The Morgan fingerprint density at radius 1 is 1.27 bits per heavy atom. The smallest absolute Gasteiger partial charge is 0.223 e. The van der Waals surface area contributed by atoms with Gasteiger partial charge in [-0.2, -0.15) is 0 Å². The number of hydrogen-bond donors (Lipinski definition) is 0. The van der Waals surface area contributed by atoms with Crippen LogP contribution in [0.15, 0.2) is 23.8 Å². The van der Waals surface area contributed by atoms with Gasteiger partial charge in [0.15, 0.2) is 0 Å². The number of carbonyl (C=O) groups excluding carboxylic acids is 1. The maximum absolute atomic E-state index is 11.9. The van der Waals surface area contributed by atoms with E-state index in [1.807, 2.05) is 25.3 Å². The van der Waals surface area contributed by atoms with Gasteiger partial charge in [-0.05, 0) is 30.9 Å². The van der Waals surface area contributed by atoms with Crippen molar-refractivity contribution in [3.05, 3.63) is 45.7 Å². The maximum atomic E-state index is 11.9. The molecule has 2 aromatic heterocycles. The summed E-state index contributed by atoms with van der Waals surface area (Å²) in [5, 5.41) is 1.91. The number of ketones is 1. The van der Waals surface area contributed by atoms with Gasteiger partial charge >= 0.3 is 0 Å². The summed E-state index contributed by atoms with van der Waals surface area (Å²) in [4.78, 5) is 20.8. The van der Waals surface area contributed by atoms with E-state index in [2.05, 4.69) is 9.97 Å². The molecular weight excluding hydrogens is 208 g/mol. The molecule has 0 saturated heterocycles. The van der Waals surface area contributed by atoms with E-state index in [-0.39, 0.29) is 5.78 Å². The summed E-state index contributed by atoms with van der Waals surface area (Å²) < 4.78 is 0. The first kappa shape index (κ1) is 9.98. The summed E-state index contributed by atoms with van der Waals surface area (Å²) in [5.41, 5.74) is 2.22. The number of aromatic nitrogens is 2. The topological polar surface area (TPSA) is 42.9 Å². The van der Waals surface area contributed by atoms with Crippen LogP contribution in [0.5, 0.6) is 0 Å². The van der Waals surface area contributed by atoms with Gasteiger partial charge in [-0.15, -0.1) is 11.3 Å². The van der Waals surface area contributed by atoms with E-state index in [1.54, 1.807) is 6.20 Å². The molecule has 0 aromatic carbocycles. The van der Waals surface area contributed by atoms with Crippen LogP contribution in [0, 0.1) is 13.8 Å². The van der Waals surface area contributed by atoms with E-state index in [1.165, 1.54) is 17.5 Å². The molecule has 2 heterocycles. The van der Waals surface area contributed by atoms with Gasteiger partial charge < -0.3 is 0 Å². The number of aryl methyl sites for hydroxylation is 2. The van der Waals surface area contributed by atoms with E-state index < -0.39 is 0 Å². The summed E-state index contributed by atoms with van der Waals surface area (Å²) in [7, 11) is 0. The third-order valence-corrected chi connectivity index (χ3v) is 3.10. The Morgan fingerprint density at radius 2 is 2.07 bits per heavy atom. The van der Waals surface area contributed by atoms with E-state index in [4.69, 9.17) is 0 Å². The van der Waals surface area contributed by atoms with Crippen molar-refractivity contribution in [3.8, 4) is 0 Å². The Hall–Kier alpha value is -1.55. The SMILES string of the molecule is Cc1cnc(C(=O)c2sccc2C)cn1. The molecule has 0 aliphatic heterocycles.